The summed E-state index contributed by atoms with van der Waals surface area (Å²) in [7, 11) is 0. The first-order valence-electron chi connectivity index (χ1n) is 5.48. The van der Waals surface area contributed by atoms with Crippen LogP contribution in [0.2, 0.25) is 0 Å². The van der Waals surface area contributed by atoms with Crippen LogP contribution in [0.25, 0.3) is 0 Å². The van der Waals surface area contributed by atoms with Gasteiger partial charge >= 0.3 is 12.1 Å². The summed E-state index contributed by atoms with van der Waals surface area (Å²) >= 11 is 0. The van der Waals surface area contributed by atoms with E-state index in [4.69, 9.17) is 9.47 Å². The van der Waals surface area contributed by atoms with E-state index >= 15 is 0 Å². The number of alkyl halides is 1. The van der Waals surface area contributed by atoms with E-state index in [-0.39, 0.29) is 13.1 Å². The molecule has 0 unspecified atom stereocenters. The van der Waals surface area contributed by atoms with Crippen molar-refractivity contribution in [2.45, 2.75) is 45.6 Å². The van der Waals surface area contributed by atoms with E-state index in [1.807, 2.05) is 0 Å². The first kappa shape index (κ1) is 13.7. The molecule has 1 aliphatic rings. The molecule has 0 aromatic rings. The van der Waals surface area contributed by atoms with Gasteiger partial charge in [-0.15, -0.1) is 0 Å². The molecule has 98 valence electrons. The fraction of sp³-hybridized carbons (Fsp3) is 0.818. The number of hydrogen-bond donors (Lipinski definition) is 0. The van der Waals surface area contributed by atoms with Crippen LogP contribution in [0.15, 0.2) is 0 Å². The van der Waals surface area contributed by atoms with Crippen LogP contribution < -0.4 is 0 Å². The maximum atomic E-state index is 13.5. The number of likely N-dealkylation sites (tertiary alicyclic amines) is 1. The van der Waals surface area contributed by atoms with Crippen molar-refractivity contribution in [3.05, 3.63) is 0 Å². The lowest BCUT2D eigenvalue weighted by atomic mass is 10.2. The molecule has 0 bridgehead atoms. The Bertz CT molecular complexity index is 313. The van der Waals surface area contributed by atoms with E-state index in [9.17, 15) is 14.0 Å². The molecular weight excluding hydrogens is 229 g/mol. The molecule has 0 radical (unpaired) electrons. The Kier molecular flexibility index (Phi) is 3.95. The zero-order valence-corrected chi connectivity index (χ0v) is 10.5. The molecule has 5 nitrogen and oxygen atoms in total. The van der Waals surface area contributed by atoms with E-state index in [0.717, 1.165) is 0 Å². The van der Waals surface area contributed by atoms with Crippen LogP contribution in [0, 0.1) is 0 Å². The first-order chi connectivity index (χ1) is 7.69. The monoisotopic (exact) mass is 247 g/mol. The van der Waals surface area contributed by atoms with Gasteiger partial charge in [0.1, 0.15) is 5.60 Å². The second-order valence-corrected chi connectivity index (χ2v) is 5.05. The predicted molar refractivity (Wildman–Crippen MR) is 58.3 cm³/mol. The molecule has 2 atom stereocenters. The van der Waals surface area contributed by atoms with Crippen molar-refractivity contribution in [3.8, 4) is 0 Å². The number of rotatable bonds is 1. The minimum Gasteiger partial charge on any atom is -0.457 e. The number of esters is 1. The molecule has 0 aliphatic carbocycles. The topological polar surface area (TPSA) is 55.8 Å². The van der Waals surface area contributed by atoms with Crippen LogP contribution in [0.1, 0.15) is 27.7 Å². The summed E-state index contributed by atoms with van der Waals surface area (Å²) in [6.07, 6.45) is -2.83. The number of hydrogen-bond acceptors (Lipinski definition) is 4. The molecule has 0 aromatic heterocycles. The molecule has 6 heteroatoms. The Labute approximate surface area is 99.9 Å². The smallest absolute Gasteiger partial charge is 0.410 e. The number of halogens is 1. The van der Waals surface area contributed by atoms with Gasteiger partial charge in [0.2, 0.25) is 0 Å². The molecular formula is C11H18FNO4. The number of carbonyl (C=O) groups is 2. The van der Waals surface area contributed by atoms with E-state index in [2.05, 4.69) is 0 Å². The van der Waals surface area contributed by atoms with Gasteiger partial charge in [-0.05, 0) is 20.8 Å². The minimum absolute atomic E-state index is 0.0374. The number of ether oxygens (including phenoxy) is 2. The van der Waals surface area contributed by atoms with E-state index < -0.39 is 29.9 Å². The van der Waals surface area contributed by atoms with Crippen LogP contribution in [-0.4, -0.2) is 47.9 Å². The van der Waals surface area contributed by atoms with Crippen LogP contribution in [0.3, 0.4) is 0 Å². The highest BCUT2D eigenvalue weighted by atomic mass is 19.1. The van der Waals surface area contributed by atoms with E-state index in [1.165, 1.54) is 11.8 Å². The molecule has 0 N–H and O–H groups in total. The van der Waals surface area contributed by atoms with Gasteiger partial charge in [0, 0.05) is 6.92 Å². The molecule has 1 aliphatic heterocycles. The number of nitrogens with zero attached hydrogens (tertiary/aromatic N) is 1. The molecule has 1 heterocycles. The van der Waals surface area contributed by atoms with Gasteiger partial charge in [0.15, 0.2) is 12.3 Å². The van der Waals surface area contributed by atoms with E-state index in [0.29, 0.717) is 0 Å². The Hall–Kier alpha value is -1.33. The van der Waals surface area contributed by atoms with Gasteiger partial charge in [-0.25, -0.2) is 9.18 Å². The first-order valence-corrected chi connectivity index (χ1v) is 5.48. The zero-order valence-electron chi connectivity index (χ0n) is 10.5. The van der Waals surface area contributed by atoms with Crippen LogP contribution >= 0.6 is 0 Å². The van der Waals surface area contributed by atoms with Gasteiger partial charge in [0.25, 0.3) is 0 Å². The second kappa shape index (κ2) is 4.89. The third-order valence-electron chi connectivity index (χ3n) is 2.17. The van der Waals surface area contributed by atoms with Crippen molar-refractivity contribution in [2.24, 2.45) is 0 Å². The lowest BCUT2D eigenvalue weighted by Gasteiger charge is -2.24. The molecule has 0 aromatic carbocycles. The highest BCUT2D eigenvalue weighted by Gasteiger charge is 2.39. The normalized spacial score (nSPS) is 24.6. The van der Waals surface area contributed by atoms with Crippen molar-refractivity contribution in [1.82, 2.24) is 4.90 Å². The average molecular weight is 247 g/mol. The highest BCUT2D eigenvalue weighted by Crippen LogP contribution is 2.19. The predicted octanol–water partition coefficient (Wildman–Crippen LogP) is 1.51. The van der Waals surface area contributed by atoms with Crippen LogP contribution in [0.4, 0.5) is 9.18 Å². The third kappa shape index (κ3) is 4.20. The summed E-state index contributed by atoms with van der Waals surface area (Å²) in [6.45, 7) is 6.34. The molecule has 0 spiro atoms. The van der Waals surface area contributed by atoms with Crippen molar-refractivity contribution in [2.75, 3.05) is 13.1 Å². The lowest BCUT2D eigenvalue weighted by Crippen LogP contribution is -2.36. The maximum absolute atomic E-state index is 13.5. The van der Waals surface area contributed by atoms with Crippen LogP contribution in [0.5, 0.6) is 0 Å². The molecule has 0 saturated carbocycles. The van der Waals surface area contributed by atoms with Gasteiger partial charge in [-0.3, -0.25) is 4.79 Å². The number of amides is 1. The lowest BCUT2D eigenvalue weighted by molar-refractivity contribution is -0.147. The summed E-state index contributed by atoms with van der Waals surface area (Å²) in [5, 5.41) is 0. The Morgan fingerprint density at radius 2 is 1.88 bits per heavy atom. The molecule has 1 rings (SSSR count). The van der Waals surface area contributed by atoms with Crippen molar-refractivity contribution in [3.63, 3.8) is 0 Å². The minimum atomic E-state index is -1.36. The molecule has 1 amide bonds. The summed E-state index contributed by atoms with van der Waals surface area (Å²) in [4.78, 5) is 23.6. The van der Waals surface area contributed by atoms with Crippen LogP contribution in [-0.2, 0) is 14.3 Å². The largest absolute Gasteiger partial charge is 0.457 e. The third-order valence-corrected chi connectivity index (χ3v) is 2.17. The van der Waals surface area contributed by atoms with Crippen molar-refractivity contribution >= 4 is 12.1 Å². The maximum Gasteiger partial charge on any atom is 0.410 e. The second-order valence-electron chi connectivity index (χ2n) is 5.05. The standard InChI is InChI=1S/C11H18FNO4/c1-7(14)16-9-6-13(5-8(9)12)10(15)17-11(2,3)4/h8-9H,5-6H2,1-4H3/t8-,9+/m0/s1. The summed E-state index contributed by atoms with van der Waals surface area (Å²) in [5.41, 5.74) is -0.623. The van der Waals surface area contributed by atoms with E-state index in [1.54, 1.807) is 20.8 Å². The molecule has 1 fully saturated rings. The molecule has 1 saturated heterocycles. The van der Waals surface area contributed by atoms with Crippen molar-refractivity contribution < 1.29 is 23.5 Å². The van der Waals surface area contributed by atoms with Gasteiger partial charge in [-0.2, -0.15) is 0 Å². The van der Waals surface area contributed by atoms with Gasteiger partial charge in [-0.1, -0.05) is 0 Å². The fourth-order valence-electron chi connectivity index (χ4n) is 1.53. The molecule has 17 heavy (non-hydrogen) atoms. The summed E-state index contributed by atoms with van der Waals surface area (Å²) in [5.74, 6) is -0.552. The van der Waals surface area contributed by atoms with Crippen molar-refractivity contribution in [1.29, 1.82) is 0 Å². The average Bonchev–Trinajstić information content (AvgIpc) is 2.44. The fourth-order valence-corrected chi connectivity index (χ4v) is 1.53. The summed E-state index contributed by atoms with van der Waals surface area (Å²) < 4.78 is 23.3. The summed E-state index contributed by atoms with van der Waals surface area (Å²) in [6, 6.07) is 0. The Balaban J connectivity index is 2.53. The number of carbonyl (C=O) groups excluding carboxylic acids is 2. The Morgan fingerprint density at radius 3 is 2.35 bits per heavy atom. The SMILES string of the molecule is CC(=O)O[C@@H]1CN(C(=O)OC(C)(C)C)C[C@@H]1F. The zero-order chi connectivity index (χ0) is 13.2. The Morgan fingerprint density at radius 1 is 1.29 bits per heavy atom. The van der Waals surface area contributed by atoms with Gasteiger partial charge in [0.05, 0.1) is 13.1 Å². The quantitative estimate of drug-likeness (QED) is 0.659. The van der Waals surface area contributed by atoms with Gasteiger partial charge < -0.3 is 14.4 Å². The highest BCUT2D eigenvalue weighted by molar-refractivity contribution is 5.69.